The smallest absolute Gasteiger partial charge is 0.219 e. The molecule has 0 heterocycles. The average molecular weight is 231 g/mol. The SMILES string of the molecule is CC1C2CC(C(S(N)(=O)=O)C2=O)C1(C)C. The summed E-state index contributed by atoms with van der Waals surface area (Å²) in [5, 5.41) is 4.19. The van der Waals surface area contributed by atoms with Crippen LogP contribution in [0.3, 0.4) is 0 Å². The van der Waals surface area contributed by atoms with Crippen LogP contribution < -0.4 is 5.14 Å². The van der Waals surface area contributed by atoms with Crippen molar-refractivity contribution in [2.45, 2.75) is 32.4 Å². The Balaban J connectivity index is 2.46. The Morgan fingerprint density at radius 1 is 1.40 bits per heavy atom. The first-order chi connectivity index (χ1) is 6.67. The van der Waals surface area contributed by atoms with Crippen LogP contribution in [0.2, 0.25) is 0 Å². The second-order valence-corrected chi connectivity index (χ2v) is 7.16. The van der Waals surface area contributed by atoms with Crippen LogP contribution in [-0.2, 0) is 14.8 Å². The minimum absolute atomic E-state index is 0.0972. The summed E-state index contributed by atoms with van der Waals surface area (Å²) in [6.45, 7) is 6.10. The second kappa shape index (κ2) is 2.83. The van der Waals surface area contributed by atoms with Crippen LogP contribution in [0.5, 0.6) is 0 Å². The number of primary sulfonamides is 1. The summed E-state index contributed by atoms with van der Waals surface area (Å²) in [5.74, 6) is -0.101. The number of Topliss-reactive ketones (excluding diaryl/α,β-unsaturated/α-hetero) is 1. The monoisotopic (exact) mass is 231 g/mol. The number of carbonyl (C=O) groups is 1. The van der Waals surface area contributed by atoms with Crippen molar-refractivity contribution in [2.24, 2.45) is 28.3 Å². The standard InChI is InChI=1S/C10H17NO3S/c1-5-6-4-7(10(5,2)3)9(8(6)12)15(11,13)14/h5-7,9H,4H2,1-3H3,(H2,11,13,14). The highest BCUT2D eigenvalue weighted by Crippen LogP contribution is 2.58. The van der Waals surface area contributed by atoms with E-state index in [0.29, 0.717) is 6.42 Å². The Kier molecular flexibility index (Phi) is 2.09. The van der Waals surface area contributed by atoms with Gasteiger partial charge >= 0.3 is 0 Å². The van der Waals surface area contributed by atoms with Crippen molar-refractivity contribution >= 4 is 15.8 Å². The molecule has 0 radical (unpaired) electrons. The highest BCUT2D eigenvalue weighted by molar-refractivity contribution is 7.90. The predicted molar refractivity (Wildman–Crippen MR) is 56.4 cm³/mol. The van der Waals surface area contributed by atoms with E-state index in [1.807, 2.05) is 20.8 Å². The Morgan fingerprint density at radius 3 is 2.33 bits per heavy atom. The molecule has 2 saturated carbocycles. The zero-order valence-corrected chi connectivity index (χ0v) is 10.0. The maximum Gasteiger partial charge on any atom is 0.219 e. The lowest BCUT2D eigenvalue weighted by molar-refractivity contribution is -0.125. The summed E-state index contributed by atoms with van der Waals surface area (Å²) in [7, 11) is -3.73. The van der Waals surface area contributed by atoms with Crippen molar-refractivity contribution in [3.8, 4) is 0 Å². The fourth-order valence-electron chi connectivity index (χ4n) is 3.31. The number of rotatable bonds is 1. The van der Waals surface area contributed by atoms with Crippen LogP contribution in [0.4, 0.5) is 0 Å². The molecule has 2 aliphatic rings. The number of carbonyl (C=O) groups excluding carboxylic acids is 1. The van der Waals surface area contributed by atoms with Crippen LogP contribution in [0, 0.1) is 23.2 Å². The minimum atomic E-state index is -3.73. The fourth-order valence-corrected chi connectivity index (χ4v) is 4.73. The lowest BCUT2D eigenvalue weighted by atomic mass is 9.69. The van der Waals surface area contributed by atoms with Gasteiger partial charge in [-0.05, 0) is 23.7 Å². The zero-order chi connectivity index (χ0) is 11.6. The van der Waals surface area contributed by atoms with Crippen LogP contribution in [-0.4, -0.2) is 19.5 Å². The molecule has 4 unspecified atom stereocenters. The van der Waals surface area contributed by atoms with E-state index < -0.39 is 15.3 Å². The molecule has 0 spiro atoms. The van der Waals surface area contributed by atoms with Crippen molar-refractivity contribution < 1.29 is 13.2 Å². The highest BCUT2D eigenvalue weighted by Gasteiger charge is 2.63. The molecule has 86 valence electrons. The lowest BCUT2D eigenvalue weighted by Crippen LogP contribution is -2.48. The summed E-state index contributed by atoms with van der Waals surface area (Å²) in [4.78, 5) is 11.9. The van der Waals surface area contributed by atoms with Crippen LogP contribution >= 0.6 is 0 Å². The molecule has 0 aromatic carbocycles. The van der Waals surface area contributed by atoms with E-state index in [-0.39, 0.29) is 29.0 Å². The highest BCUT2D eigenvalue weighted by atomic mass is 32.2. The molecule has 2 N–H and O–H groups in total. The van der Waals surface area contributed by atoms with Crippen molar-refractivity contribution in [1.29, 1.82) is 0 Å². The van der Waals surface area contributed by atoms with Crippen LogP contribution in [0.1, 0.15) is 27.2 Å². The maximum atomic E-state index is 11.9. The van der Waals surface area contributed by atoms with Gasteiger partial charge in [0.05, 0.1) is 0 Å². The van der Waals surface area contributed by atoms with E-state index in [0.717, 1.165) is 0 Å². The summed E-state index contributed by atoms with van der Waals surface area (Å²) < 4.78 is 22.8. The summed E-state index contributed by atoms with van der Waals surface area (Å²) >= 11 is 0. The van der Waals surface area contributed by atoms with Gasteiger partial charge < -0.3 is 0 Å². The lowest BCUT2D eigenvalue weighted by Gasteiger charge is -2.38. The molecule has 5 heteroatoms. The van der Waals surface area contributed by atoms with Gasteiger partial charge in [-0.25, -0.2) is 13.6 Å². The number of fused-ring (bicyclic) bond motifs is 2. The number of hydrogen-bond acceptors (Lipinski definition) is 3. The van der Waals surface area contributed by atoms with E-state index in [1.165, 1.54) is 0 Å². The van der Waals surface area contributed by atoms with E-state index in [2.05, 4.69) is 0 Å². The third kappa shape index (κ3) is 1.29. The van der Waals surface area contributed by atoms with Gasteiger partial charge in [-0.3, -0.25) is 4.79 Å². The van der Waals surface area contributed by atoms with Gasteiger partial charge in [0, 0.05) is 5.92 Å². The molecular weight excluding hydrogens is 214 g/mol. The maximum absolute atomic E-state index is 11.9. The van der Waals surface area contributed by atoms with E-state index >= 15 is 0 Å². The third-order valence-electron chi connectivity index (χ3n) is 4.61. The predicted octanol–water partition coefficient (Wildman–Crippen LogP) is 0.525. The van der Waals surface area contributed by atoms with Gasteiger partial charge in [-0.1, -0.05) is 20.8 Å². The molecular formula is C10H17NO3S. The molecule has 0 saturated heterocycles. The Bertz CT molecular complexity index is 412. The van der Waals surface area contributed by atoms with E-state index in [1.54, 1.807) is 0 Å². The fraction of sp³-hybridized carbons (Fsp3) is 0.900. The minimum Gasteiger partial charge on any atom is -0.298 e. The second-order valence-electron chi connectivity index (χ2n) is 5.47. The first kappa shape index (κ1) is 11.1. The number of ketones is 1. The summed E-state index contributed by atoms with van der Waals surface area (Å²) in [5.41, 5.74) is -0.102. The van der Waals surface area contributed by atoms with E-state index in [4.69, 9.17) is 5.14 Å². The van der Waals surface area contributed by atoms with Gasteiger partial charge in [0.1, 0.15) is 5.25 Å². The molecule has 0 aliphatic heterocycles. The topological polar surface area (TPSA) is 77.2 Å². The molecule has 4 atom stereocenters. The van der Waals surface area contributed by atoms with Gasteiger partial charge in [-0.2, -0.15) is 0 Å². The summed E-state index contributed by atoms with van der Waals surface area (Å²) in [6.07, 6.45) is 0.689. The van der Waals surface area contributed by atoms with Crippen molar-refractivity contribution in [1.82, 2.24) is 0 Å². The third-order valence-corrected chi connectivity index (χ3v) is 5.87. The molecule has 2 rings (SSSR count). The van der Waals surface area contributed by atoms with Gasteiger partial charge in [0.25, 0.3) is 0 Å². The molecule has 2 aliphatic carbocycles. The van der Waals surface area contributed by atoms with E-state index in [9.17, 15) is 13.2 Å². The van der Waals surface area contributed by atoms with Gasteiger partial charge in [0.15, 0.2) is 5.78 Å². The Labute approximate surface area is 90.3 Å². The molecule has 15 heavy (non-hydrogen) atoms. The molecule has 4 nitrogen and oxygen atoms in total. The molecule has 2 bridgehead atoms. The van der Waals surface area contributed by atoms with Gasteiger partial charge in [-0.15, -0.1) is 0 Å². The number of hydrogen-bond donors (Lipinski definition) is 1. The number of sulfonamides is 1. The molecule has 0 aromatic heterocycles. The average Bonchev–Trinajstić information content (AvgIpc) is 2.48. The van der Waals surface area contributed by atoms with Crippen molar-refractivity contribution in [3.05, 3.63) is 0 Å². The Morgan fingerprint density at radius 2 is 1.93 bits per heavy atom. The molecule has 2 fully saturated rings. The van der Waals surface area contributed by atoms with Crippen molar-refractivity contribution in [2.75, 3.05) is 0 Å². The summed E-state index contributed by atoms with van der Waals surface area (Å²) in [6, 6.07) is 0. The van der Waals surface area contributed by atoms with Gasteiger partial charge in [0.2, 0.25) is 10.0 Å². The molecule has 0 amide bonds. The first-order valence-corrected chi connectivity index (χ1v) is 6.83. The van der Waals surface area contributed by atoms with Crippen LogP contribution in [0.25, 0.3) is 0 Å². The van der Waals surface area contributed by atoms with Crippen molar-refractivity contribution in [3.63, 3.8) is 0 Å². The molecule has 0 aromatic rings. The Hall–Kier alpha value is -0.420. The normalized spacial score (nSPS) is 43.6. The largest absolute Gasteiger partial charge is 0.298 e. The quantitative estimate of drug-likeness (QED) is 0.715. The first-order valence-electron chi connectivity index (χ1n) is 5.22. The zero-order valence-electron chi connectivity index (χ0n) is 9.23. The number of nitrogens with two attached hydrogens (primary N) is 1. The van der Waals surface area contributed by atoms with Crippen LogP contribution in [0.15, 0.2) is 0 Å².